The number of carbonyl (C=O) groups excluding carboxylic acids is 2. The lowest BCUT2D eigenvalue weighted by atomic mass is 10.1. The van der Waals surface area contributed by atoms with E-state index in [4.69, 9.17) is 4.74 Å². The van der Waals surface area contributed by atoms with E-state index in [1.54, 1.807) is 41.8 Å². The van der Waals surface area contributed by atoms with Crippen molar-refractivity contribution in [2.24, 2.45) is 0 Å². The summed E-state index contributed by atoms with van der Waals surface area (Å²) in [4.78, 5) is 27.6. The van der Waals surface area contributed by atoms with Crippen LogP contribution in [-0.4, -0.2) is 18.4 Å². The number of hydrogen-bond acceptors (Lipinski definition) is 5. The predicted molar refractivity (Wildman–Crippen MR) is 111 cm³/mol. The van der Waals surface area contributed by atoms with E-state index in [0.29, 0.717) is 27.8 Å². The number of nitrogens with one attached hydrogen (secondary N) is 1. The molecule has 30 heavy (non-hydrogen) atoms. The Morgan fingerprint density at radius 3 is 2.57 bits per heavy atom. The summed E-state index contributed by atoms with van der Waals surface area (Å²) in [7, 11) is 0. The number of nitrogens with zero attached hydrogens (tertiary/aromatic N) is 1. The van der Waals surface area contributed by atoms with E-state index in [0.717, 1.165) is 18.2 Å². The molecule has 0 saturated heterocycles. The molecule has 5 nitrogen and oxygen atoms in total. The molecule has 0 atom stereocenters. The SMILES string of the molecule is CCOc1ccccc1NC1=C(c2cccs2)C(=O)N(c2cc(F)ccc2F)C1=O. The standard InChI is InChI=1S/C22H16F2N2O3S/c1-2-29-17-7-4-3-6-15(17)25-20-19(18-8-5-11-30-18)21(27)26(22(20)28)16-12-13(23)9-10-14(16)24/h3-12,25H,2H2,1H3. The molecule has 1 aliphatic heterocycles. The monoisotopic (exact) mass is 426 g/mol. The van der Waals surface area contributed by atoms with Gasteiger partial charge in [0.05, 0.1) is 23.6 Å². The third-order valence-electron chi connectivity index (χ3n) is 4.45. The van der Waals surface area contributed by atoms with Crippen molar-refractivity contribution in [3.05, 3.63) is 82.2 Å². The van der Waals surface area contributed by atoms with E-state index >= 15 is 0 Å². The van der Waals surface area contributed by atoms with Gasteiger partial charge in [-0.15, -0.1) is 11.3 Å². The van der Waals surface area contributed by atoms with Gasteiger partial charge in [-0.2, -0.15) is 0 Å². The van der Waals surface area contributed by atoms with Crippen molar-refractivity contribution < 1.29 is 23.1 Å². The van der Waals surface area contributed by atoms with E-state index in [1.807, 2.05) is 6.92 Å². The van der Waals surface area contributed by atoms with Gasteiger partial charge in [0.25, 0.3) is 11.8 Å². The number of carbonyl (C=O) groups is 2. The van der Waals surface area contributed by atoms with Gasteiger partial charge in [0.15, 0.2) is 0 Å². The normalized spacial score (nSPS) is 13.9. The van der Waals surface area contributed by atoms with Crippen molar-refractivity contribution in [1.29, 1.82) is 0 Å². The van der Waals surface area contributed by atoms with Crippen LogP contribution >= 0.6 is 11.3 Å². The molecule has 0 aliphatic carbocycles. The number of amides is 2. The Hall–Kier alpha value is -3.52. The Kier molecular flexibility index (Phi) is 5.33. The second kappa shape index (κ2) is 8.08. The average molecular weight is 426 g/mol. The van der Waals surface area contributed by atoms with Crippen LogP contribution in [0.2, 0.25) is 0 Å². The number of thiophene rings is 1. The highest BCUT2D eigenvalue weighted by Gasteiger charge is 2.42. The molecule has 4 rings (SSSR count). The first-order valence-electron chi connectivity index (χ1n) is 9.12. The number of imide groups is 1. The molecule has 8 heteroatoms. The molecular formula is C22H16F2N2O3S. The fraction of sp³-hybridized carbons (Fsp3) is 0.0909. The van der Waals surface area contributed by atoms with Crippen LogP contribution in [0, 0.1) is 11.6 Å². The summed E-state index contributed by atoms with van der Waals surface area (Å²) in [6, 6.07) is 13.0. The minimum Gasteiger partial charge on any atom is -0.492 e. The van der Waals surface area contributed by atoms with Gasteiger partial charge in [-0.05, 0) is 42.6 Å². The van der Waals surface area contributed by atoms with Gasteiger partial charge >= 0.3 is 0 Å². The van der Waals surface area contributed by atoms with E-state index in [2.05, 4.69) is 5.32 Å². The summed E-state index contributed by atoms with van der Waals surface area (Å²) in [5.74, 6) is -2.65. The molecule has 2 aromatic carbocycles. The molecule has 1 aromatic heterocycles. The lowest BCUT2D eigenvalue weighted by molar-refractivity contribution is -0.120. The van der Waals surface area contributed by atoms with E-state index in [9.17, 15) is 18.4 Å². The number of para-hydroxylation sites is 2. The Labute approximate surface area is 175 Å². The molecule has 0 fully saturated rings. The van der Waals surface area contributed by atoms with Crippen LogP contribution in [0.5, 0.6) is 5.75 Å². The second-order valence-electron chi connectivity index (χ2n) is 6.32. The van der Waals surface area contributed by atoms with E-state index in [1.165, 1.54) is 11.3 Å². The maximum absolute atomic E-state index is 14.4. The molecule has 0 unspecified atom stereocenters. The van der Waals surface area contributed by atoms with Crippen LogP contribution in [0.3, 0.4) is 0 Å². The van der Waals surface area contributed by atoms with Gasteiger partial charge in [0.1, 0.15) is 23.1 Å². The molecule has 1 N–H and O–H groups in total. The molecule has 3 aromatic rings. The fourth-order valence-electron chi connectivity index (χ4n) is 3.16. The number of anilines is 2. The average Bonchev–Trinajstić information content (AvgIpc) is 3.33. The second-order valence-corrected chi connectivity index (χ2v) is 7.27. The Bertz CT molecular complexity index is 1160. The highest BCUT2D eigenvalue weighted by atomic mass is 32.1. The van der Waals surface area contributed by atoms with Gasteiger partial charge in [-0.3, -0.25) is 9.59 Å². The maximum Gasteiger partial charge on any atom is 0.282 e. The molecular weight excluding hydrogens is 410 g/mol. The third-order valence-corrected chi connectivity index (χ3v) is 5.33. The Balaban J connectivity index is 1.82. The number of rotatable bonds is 6. The third kappa shape index (κ3) is 3.46. The van der Waals surface area contributed by atoms with Crippen LogP contribution in [-0.2, 0) is 9.59 Å². The first-order chi connectivity index (χ1) is 14.5. The maximum atomic E-state index is 14.4. The predicted octanol–water partition coefficient (Wildman–Crippen LogP) is 4.82. The minimum atomic E-state index is -0.875. The van der Waals surface area contributed by atoms with Gasteiger partial charge in [0.2, 0.25) is 0 Å². The van der Waals surface area contributed by atoms with Crippen molar-refractivity contribution in [2.45, 2.75) is 6.92 Å². The summed E-state index contributed by atoms with van der Waals surface area (Å²) < 4.78 is 33.7. The van der Waals surface area contributed by atoms with E-state index < -0.39 is 29.1 Å². The topological polar surface area (TPSA) is 58.6 Å². The van der Waals surface area contributed by atoms with Crippen LogP contribution < -0.4 is 15.0 Å². The number of halogens is 2. The van der Waals surface area contributed by atoms with Crippen molar-refractivity contribution in [2.75, 3.05) is 16.8 Å². The number of benzene rings is 2. The summed E-state index contributed by atoms with van der Waals surface area (Å²) in [5, 5.41) is 4.74. The zero-order valence-electron chi connectivity index (χ0n) is 15.8. The fourth-order valence-corrected chi connectivity index (χ4v) is 3.93. The lowest BCUT2D eigenvalue weighted by Gasteiger charge is -2.16. The molecule has 0 saturated carbocycles. The summed E-state index contributed by atoms with van der Waals surface area (Å²) in [6.45, 7) is 2.23. The van der Waals surface area contributed by atoms with Crippen molar-refractivity contribution >= 4 is 40.1 Å². The van der Waals surface area contributed by atoms with Crippen LogP contribution in [0.1, 0.15) is 11.8 Å². The minimum absolute atomic E-state index is 0.0294. The first-order valence-corrected chi connectivity index (χ1v) is 10.00. The largest absolute Gasteiger partial charge is 0.492 e. The van der Waals surface area contributed by atoms with Gasteiger partial charge in [-0.25, -0.2) is 13.7 Å². The molecule has 1 aliphatic rings. The Morgan fingerprint density at radius 2 is 1.83 bits per heavy atom. The molecule has 0 spiro atoms. The quantitative estimate of drug-likeness (QED) is 0.574. The van der Waals surface area contributed by atoms with Crippen LogP contribution in [0.15, 0.2) is 65.7 Å². The molecule has 152 valence electrons. The lowest BCUT2D eigenvalue weighted by Crippen LogP contribution is -2.33. The number of hydrogen-bond donors (Lipinski definition) is 1. The molecule has 0 bridgehead atoms. The zero-order chi connectivity index (χ0) is 21.3. The van der Waals surface area contributed by atoms with Crippen molar-refractivity contribution in [1.82, 2.24) is 0 Å². The highest BCUT2D eigenvalue weighted by molar-refractivity contribution is 7.11. The molecule has 0 radical (unpaired) electrons. The smallest absolute Gasteiger partial charge is 0.282 e. The highest BCUT2D eigenvalue weighted by Crippen LogP contribution is 2.37. The van der Waals surface area contributed by atoms with E-state index in [-0.39, 0.29) is 11.3 Å². The summed E-state index contributed by atoms with van der Waals surface area (Å²) in [6.07, 6.45) is 0. The van der Waals surface area contributed by atoms with Crippen molar-refractivity contribution in [3.63, 3.8) is 0 Å². The Morgan fingerprint density at radius 1 is 1.03 bits per heavy atom. The van der Waals surface area contributed by atoms with Crippen LogP contribution in [0.25, 0.3) is 5.57 Å². The molecule has 2 amide bonds. The van der Waals surface area contributed by atoms with Gasteiger partial charge < -0.3 is 10.1 Å². The summed E-state index contributed by atoms with van der Waals surface area (Å²) >= 11 is 1.26. The van der Waals surface area contributed by atoms with Gasteiger partial charge in [-0.1, -0.05) is 18.2 Å². The van der Waals surface area contributed by atoms with Gasteiger partial charge in [0, 0.05) is 10.9 Å². The molecule has 2 heterocycles. The van der Waals surface area contributed by atoms with Crippen molar-refractivity contribution in [3.8, 4) is 5.75 Å². The zero-order valence-corrected chi connectivity index (χ0v) is 16.6. The first kappa shape index (κ1) is 19.8. The number of ether oxygens (including phenoxy) is 1. The van der Waals surface area contributed by atoms with Crippen LogP contribution in [0.4, 0.5) is 20.2 Å². The summed E-state index contributed by atoms with van der Waals surface area (Å²) in [5.41, 5.74) is 0.100.